The number of nitrogens with zero attached hydrogens (tertiary/aromatic N) is 3. The van der Waals surface area contributed by atoms with Crippen LogP contribution in [0.25, 0.3) is 0 Å². The lowest BCUT2D eigenvalue weighted by molar-refractivity contribution is -0.297. The fourth-order valence-corrected chi connectivity index (χ4v) is 2.16. The Morgan fingerprint density at radius 3 is 2.65 bits per heavy atom. The van der Waals surface area contributed by atoms with E-state index in [1.54, 1.807) is 10.9 Å². The van der Waals surface area contributed by atoms with Crippen LogP contribution in [0.2, 0.25) is 0 Å². The molecule has 3 N–H and O–H groups in total. The monoisotopic (exact) mass is 287 g/mol. The number of hydrogen-bond acceptors (Lipinski definition) is 7. The maximum atomic E-state index is 9.83. The van der Waals surface area contributed by atoms with E-state index < -0.39 is 30.7 Å². The number of aliphatic hydroxyl groups is 3. The number of ether oxygens (including phenoxy) is 2. The highest BCUT2D eigenvalue weighted by Crippen LogP contribution is 2.23. The third kappa shape index (κ3) is 3.33. The predicted octanol–water partition coefficient (Wildman–Crippen LogP) is -1.18. The molecule has 1 saturated heterocycles. The number of aryl methyl sites for hydroxylation is 1. The minimum Gasteiger partial charge on any atom is -0.388 e. The molecule has 8 nitrogen and oxygen atoms in total. The molecule has 114 valence electrons. The first-order valence-electron chi connectivity index (χ1n) is 6.71. The average molecular weight is 287 g/mol. The summed E-state index contributed by atoms with van der Waals surface area (Å²) in [6.45, 7) is 4.38. The van der Waals surface area contributed by atoms with Gasteiger partial charge in [-0.2, -0.15) is 0 Å². The molecule has 0 radical (unpaired) electrons. The predicted molar refractivity (Wildman–Crippen MR) is 67.7 cm³/mol. The molecule has 5 atom stereocenters. The Hall–Kier alpha value is -1.06. The maximum absolute atomic E-state index is 9.83. The van der Waals surface area contributed by atoms with Crippen molar-refractivity contribution < 1.29 is 24.8 Å². The van der Waals surface area contributed by atoms with E-state index in [9.17, 15) is 15.3 Å². The molecular weight excluding hydrogens is 266 g/mol. The third-order valence-corrected chi connectivity index (χ3v) is 3.33. The van der Waals surface area contributed by atoms with Gasteiger partial charge in [0, 0.05) is 6.20 Å². The Kier molecular flexibility index (Phi) is 5.06. The van der Waals surface area contributed by atoms with Crippen molar-refractivity contribution >= 4 is 0 Å². The first-order chi connectivity index (χ1) is 9.52. The van der Waals surface area contributed by atoms with Crippen molar-refractivity contribution in [2.24, 2.45) is 0 Å². The van der Waals surface area contributed by atoms with Crippen LogP contribution in [-0.4, -0.2) is 67.6 Å². The van der Waals surface area contributed by atoms with Crippen molar-refractivity contribution in [3.8, 4) is 0 Å². The Balaban J connectivity index is 1.85. The zero-order valence-corrected chi connectivity index (χ0v) is 11.6. The topological polar surface area (TPSA) is 110 Å². The van der Waals surface area contributed by atoms with Crippen LogP contribution in [0.4, 0.5) is 0 Å². The van der Waals surface area contributed by atoms with E-state index in [0.717, 1.165) is 5.69 Å². The SMILES string of the molecule is CCC1O[C@@H](OCCn2cc(C)nn2)C(O)[C@@H](O)[C@@H]1O. The first kappa shape index (κ1) is 15.3. The lowest BCUT2D eigenvalue weighted by Gasteiger charge is -2.40. The Bertz CT molecular complexity index is 425. The second kappa shape index (κ2) is 6.59. The molecule has 20 heavy (non-hydrogen) atoms. The quantitative estimate of drug-likeness (QED) is 0.625. The van der Waals surface area contributed by atoms with E-state index in [0.29, 0.717) is 13.0 Å². The van der Waals surface area contributed by atoms with E-state index in [4.69, 9.17) is 9.47 Å². The van der Waals surface area contributed by atoms with Gasteiger partial charge in [-0.15, -0.1) is 5.10 Å². The molecule has 1 aromatic heterocycles. The molecule has 0 aliphatic carbocycles. The van der Waals surface area contributed by atoms with Crippen LogP contribution in [0.1, 0.15) is 19.0 Å². The molecule has 1 aliphatic heterocycles. The van der Waals surface area contributed by atoms with Crippen LogP contribution in [0.3, 0.4) is 0 Å². The van der Waals surface area contributed by atoms with E-state index in [-0.39, 0.29) is 6.61 Å². The second-order valence-electron chi connectivity index (χ2n) is 4.92. The highest BCUT2D eigenvalue weighted by atomic mass is 16.7. The summed E-state index contributed by atoms with van der Waals surface area (Å²) in [5.41, 5.74) is 0.809. The molecule has 8 heteroatoms. The fourth-order valence-electron chi connectivity index (χ4n) is 2.16. The van der Waals surface area contributed by atoms with E-state index >= 15 is 0 Å². The highest BCUT2D eigenvalue weighted by Gasteiger charge is 2.43. The summed E-state index contributed by atoms with van der Waals surface area (Å²) in [7, 11) is 0. The summed E-state index contributed by atoms with van der Waals surface area (Å²) < 4.78 is 12.5. The van der Waals surface area contributed by atoms with Gasteiger partial charge in [-0.25, -0.2) is 4.68 Å². The average Bonchev–Trinajstić information content (AvgIpc) is 2.84. The molecule has 0 amide bonds. The molecular formula is C12H21N3O5. The van der Waals surface area contributed by atoms with E-state index in [1.165, 1.54) is 0 Å². The zero-order chi connectivity index (χ0) is 14.7. The summed E-state index contributed by atoms with van der Waals surface area (Å²) in [4.78, 5) is 0. The van der Waals surface area contributed by atoms with Crippen LogP contribution in [0, 0.1) is 6.92 Å². The summed E-state index contributed by atoms with van der Waals surface area (Å²) in [5, 5.41) is 37.0. The first-order valence-corrected chi connectivity index (χ1v) is 6.71. The minimum atomic E-state index is -1.27. The molecule has 1 fully saturated rings. The Morgan fingerprint density at radius 1 is 1.30 bits per heavy atom. The summed E-state index contributed by atoms with van der Waals surface area (Å²) >= 11 is 0. The van der Waals surface area contributed by atoms with Gasteiger partial charge in [0.2, 0.25) is 0 Å². The molecule has 2 unspecified atom stereocenters. The minimum absolute atomic E-state index is 0.254. The lowest BCUT2D eigenvalue weighted by Crippen LogP contribution is -2.58. The molecule has 2 heterocycles. The number of aromatic nitrogens is 3. The molecule has 1 aromatic rings. The largest absolute Gasteiger partial charge is 0.388 e. The van der Waals surface area contributed by atoms with Gasteiger partial charge in [0.1, 0.15) is 18.3 Å². The van der Waals surface area contributed by atoms with Crippen molar-refractivity contribution in [3.05, 3.63) is 11.9 Å². The number of aliphatic hydroxyl groups excluding tert-OH is 3. The van der Waals surface area contributed by atoms with Gasteiger partial charge >= 0.3 is 0 Å². The van der Waals surface area contributed by atoms with Gasteiger partial charge in [-0.1, -0.05) is 12.1 Å². The molecule has 0 spiro atoms. The van der Waals surface area contributed by atoms with Crippen LogP contribution in [0.15, 0.2) is 6.20 Å². The standard InChI is InChI=1S/C12H21N3O5/c1-3-8-9(16)10(17)11(18)12(20-8)19-5-4-15-6-7(2)13-14-15/h6,8-12,16-18H,3-5H2,1-2H3/t8?,9-,10+,11?,12-/m1/s1. The van der Waals surface area contributed by atoms with E-state index in [2.05, 4.69) is 10.3 Å². The normalized spacial score (nSPS) is 34.4. The Labute approximate surface area is 116 Å². The van der Waals surface area contributed by atoms with Crippen molar-refractivity contribution in [2.45, 2.75) is 57.5 Å². The van der Waals surface area contributed by atoms with Crippen molar-refractivity contribution in [1.29, 1.82) is 0 Å². The molecule has 0 bridgehead atoms. The number of rotatable bonds is 5. The number of hydrogen-bond donors (Lipinski definition) is 3. The molecule has 0 saturated carbocycles. The van der Waals surface area contributed by atoms with Crippen LogP contribution < -0.4 is 0 Å². The summed E-state index contributed by atoms with van der Waals surface area (Å²) in [6, 6.07) is 0. The van der Waals surface area contributed by atoms with Gasteiger partial charge < -0.3 is 24.8 Å². The van der Waals surface area contributed by atoms with Gasteiger partial charge in [0.05, 0.1) is 24.9 Å². The van der Waals surface area contributed by atoms with Crippen LogP contribution >= 0.6 is 0 Å². The lowest BCUT2D eigenvalue weighted by atomic mass is 9.97. The Morgan fingerprint density at radius 2 is 2.05 bits per heavy atom. The molecule has 1 aliphatic rings. The maximum Gasteiger partial charge on any atom is 0.186 e. The van der Waals surface area contributed by atoms with Crippen LogP contribution in [0.5, 0.6) is 0 Å². The van der Waals surface area contributed by atoms with Gasteiger partial charge in [0.25, 0.3) is 0 Å². The molecule has 0 aromatic carbocycles. The van der Waals surface area contributed by atoms with Crippen molar-refractivity contribution in [2.75, 3.05) is 6.61 Å². The highest BCUT2D eigenvalue weighted by molar-refractivity contribution is 4.89. The van der Waals surface area contributed by atoms with Gasteiger partial charge in [-0.3, -0.25) is 0 Å². The second-order valence-corrected chi connectivity index (χ2v) is 4.92. The van der Waals surface area contributed by atoms with Gasteiger partial charge in [-0.05, 0) is 13.3 Å². The fraction of sp³-hybridized carbons (Fsp3) is 0.833. The molecule has 2 rings (SSSR count). The van der Waals surface area contributed by atoms with Crippen LogP contribution in [-0.2, 0) is 16.0 Å². The zero-order valence-electron chi connectivity index (χ0n) is 11.6. The smallest absolute Gasteiger partial charge is 0.186 e. The summed E-state index contributed by atoms with van der Waals surface area (Å²) in [5.74, 6) is 0. The van der Waals surface area contributed by atoms with Crippen molar-refractivity contribution in [1.82, 2.24) is 15.0 Å². The summed E-state index contributed by atoms with van der Waals surface area (Å²) in [6.07, 6.45) is -2.86. The van der Waals surface area contributed by atoms with Gasteiger partial charge in [0.15, 0.2) is 6.29 Å². The van der Waals surface area contributed by atoms with E-state index in [1.807, 2.05) is 13.8 Å². The van der Waals surface area contributed by atoms with Crippen molar-refractivity contribution in [3.63, 3.8) is 0 Å². The third-order valence-electron chi connectivity index (χ3n) is 3.33.